The summed E-state index contributed by atoms with van der Waals surface area (Å²) in [6.07, 6.45) is -0.0827. The Hall–Kier alpha value is -4.12. The van der Waals surface area contributed by atoms with Gasteiger partial charge in [-0.3, -0.25) is 24.4 Å². The van der Waals surface area contributed by atoms with Crippen molar-refractivity contribution in [3.63, 3.8) is 0 Å². The van der Waals surface area contributed by atoms with Crippen LogP contribution in [-0.4, -0.2) is 37.3 Å². The highest BCUT2D eigenvalue weighted by Crippen LogP contribution is 2.32. The van der Waals surface area contributed by atoms with Crippen molar-refractivity contribution in [2.45, 2.75) is 51.3 Å². The summed E-state index contributed by atoms with van der Waals surface area (Å²) in [4.78, 5) is 58.5. The maximum Gasteiger partial charge on any atom is 0.328 e. The quantitative estimate of drug-likeness (QED) is 0.313. The minimum Gasteiger partial charge on any atom is -0.494 e. The highest BCUT2D eigenvalue weighted by molar-refractivity contribution is 8.15. The number of hydrogen-bond acceptors (Lipinski definition) is 7. The van der Waals surface area contributed by atoms with E-state index in [1.165, 1.54) is 0 Å². The second kappa shape index (κ2) is 11.1. The van der Waals surface area contributed by atoms with E-state index in [9.17, 15) is 24.3 Å². The molecule has 2 atom stereocenters. The van der Waals surface area contributed by atoms with Crippen LogP contribution in [0.5, 0.6) is 5.88 Å². The lowest BCUT2D eigenvalue weighted by molar-refractivity contribution is -0.122. The smallest absolute Gasteiger partial charge is 0.328 e. The summed E-state index contributed by atoms with van der Waals surface area (Å²) in [6, 6.07) is 11.9. The van der Waals surface area contributed by atoms with E-state index in [2.05, 4.69) is 25.6 Å². The van der Waals surface area contributed by atoms with Gasteiger partial charge in [-0.05, 0) is 54.2 Å². The maximum atomic E-state index is 12.7. The maximum absolute atomic E-state index is 12.7. The van der Waals surface area contributed by atoms with Crippen LogP contribution in [0.15, 0.2) is 57.0 Å². The second-order valence-corrected chi connectivity index (χ2v) is 10.7. The molecule has 2 aromatic carbocycles. The molecule has 11 heteroatoms. The van der Waals surface area contributed by atoms with Crippen LogP contribution >= 0.6 is 11.8 Å². The zero-order chi connectivity index (χ0) is 27.6. The fourth-order valence-corrected chi connectivity index (χ4v) is 5.02. The monoisotopic (exact) mass is 535 g/mol. The molecule has 3 aromatic rings. The van der Waals surface area contributed by atoms with Crippen LogP contribution in [0.2, 0.25) is 0 Å². The number of H-pyrrole nitrogens is 2. The number of aliphatic imine (C=N–C) groups is 1. The number of amidine groups is 1. The van der Waals surface area contributed by atoms with Crippen LogP contribution in [0.3, 0.4) is 0 Å². The Kier molecular flexibility index (Phi) is 7.86. The van der Waals surface area contributed by atoms with E-state index in [4.69, 9.17) is 0 Å². The average Bonchev–Trinajstić information content (AvgIpc) is 3.18. The van der Waals surface area contributed by atoms with E-state index >= 15 is 0 Å². The van der Waals surface area contributed by atoms with Gasteiger partial charge in [0.05, 0.1) is 0 Å². The second-order valence-electron chi connectivity index (χ2n) is 9.48. The number of anilines is 1. The number of carbonyl (C=O) groups is 2. The summed E-state index contributed by atoms with van der Waals surface area (Å²) in [5.74, 6) is -1.05. The molecule has 0 unspecified atom stereocenters. The largest absolute Gasteiger partial charge is 0.494 e. The molecule has 38 heavy (non-hydrogen) atoms. The van der Waals surface area contributed by atoms with Gasteiger partial charge in [0, 0.05) is 12.1 Å². The molecule has 1 aromatic heterocycles. The van der Waals surface area contributed by atoms with Gasteiger partial charge in [-0.15, -0.1) is 0 Å². The van der Waals surface area contributed by atoms with Gasteiger partial charge in [0.1, 0.15) is 16.9 Å². The minimum atomic E-state index is -1.03. The molecule has 0 radical (unpaired) electrons. The van der Waals surface area contributed by atoms with Crippen molar-refractivity contribution in [3.05, 3.63) is 91.1 Å². The van der Waals surface area contributed by atoms with Gasteiger partial charge in [0.2, 0.25) is 17.7 Å². The molecule has 0 bridgehead atoms. The number of hydrogen-bond donors (Lipinski definition) is 5. The van der Waals surface area contributed by atoms with Crippen molar-refractivity contribution >= 4 is 34.4 Å². The fraction of sp³-hybridized carbons (Fsp3) is 0.296. The SMILES string of the molecule is Cc1ccc(NC(=O)C[C@@H]2SC(=N[C@H](c3ccc(C(C)C)cc3)c3c(O)[nH]c(=O)[nH]c3=O)NC2=O)cc1C. The van der Waals surface area contributed by atoms with Crippen molar-refractivity contribution in [1.29, 1.82) is 0 Å². The predicted molar refractivity (Wildman–Crippen MR) is 148 cm³/mol. The zero-order valence-electron chi connectivity index (χ0n) is 21.4. The number of aromatic hydroxyl groups is 1. The first-order valence-corrected chi connectivity index (χ1v) is 13.0. The molecule has 1 saturated heterocycles. The highest BCUT2D eigenvalue weighted by atomic mass is 32.2. The molecule has 0 saturated carbocycles. The van der Waals surface area contributed by atoms with Crippen LogP contribution in [0.25, 0.3) is 0 Å². The van der Waals surface area contributed by atoms with Gasteiger partial charge in [-0.1, -0.05) is 55.9 Å². The molecule has 0 aliphatic carbocycles. The van der Waals surface area contributed by atoms with Crippen LogP contribution in [0.4, 0.5) is 5.69 Å². The van der Waals surface area contributed by atoms with Crippen molar-refractivity contribution < 1.29 is 14.7 Å². The highest BCUT2D eigenvalue weighted by Gasteiger charge is 2.34. The normalized spacial score (nSPS) is 17.0. The molecule has 2 heterocycles. The summed E-state index contributed by atoms with van der Waals surface area (Å²) in [6.45, 7) is 8.03. The molecule has 1 aliphatic heterocycles. The Balaban J connectivity index is 1.59. The van der Waals surface area contributed by atoms with Crippen LogP contribution in [0, 0.1) is 13.8 Å². The van der Waals surface area contributed by atoms with E-state index in [0.717, 1.165) is 28.5 Å². The van der Waals surface area contributed by atoms with Crippen molar-refractivity contribution in [3.8, 4) is 5.88 Å². The van der Waals surface area contributed by atoms with Crippen molar-refractivity contribution in [1.82, 2.24) is 15.3 Å². The standard InChI is InChI=1S/C27H29N5O5S/c1-13(2)16-6-8-17(9-7-16)22(21-24(35)30-26(37)31-25(21)36)29-27-32-23(34)19(38-27)12-20(33)28-18-10-5-14(3)15(4)11-18/h5-11,13,19,22H,12H2,1-4H3,(H,28,33)(H,29,32,34)(H3,30,31,35,36,37)/t19-,22+/m0/s1. The number of thioether (sulfide) groups is 1. The van der Waals surface area contributed by atoms with E-state index in [1.807, 2.05) is 52.0 Å². The first-order chi connectivity index (χ1) is 18.0. The predicted octanol–water partition coefficient (Wildman–Crippen LogP) is 3.21. The third kappa shape index (κ3) is 6.05. The molecule has 0 spiro atoms. The van der Waals surface area contributed by atoms with Gasteiger partial charge in [0.25, 0.3) is 5.56 Å². The Morgan fingerprint density at radius 2 is 1.71 bits per heavy atom. The third-order valence-corrected chi connectivity index (χ3v) is 7.43. The number of benzene rings is 2. The summed E-state index contributed by atoms with van der Waals surface area (Å²) in [5, 5.41) is 15.4. The number of amides is 2. The Labute approximate surface area is 223 Å². The average molecular weight is 536 g/mol. The molecule has 1 fully saturated rings. The number of aromatic amines is 2. The van der Waals surface area contributed by atoms with E-state index in [-0.39, 0.29) is 29.0 Å². The van der Waals surface area contributed by atoms with Crippen molar-refractivity contribution in [2.75, 3.05) is 5.32 Å². The number of carbonyl (C=O) groups excluding carboxylic acids is 2. The number of rotatable bonds is 7. The van der Waals surface area contributed by atoms with Gasteiger partial charge >= 0.3 is 5.69 Å². The van der Waals surface area contributed by atoms with Crippen LogP contribution in [-0.2, 0) is 9.59 Å². The first kappa shape index (κ1) is 26.9. The number of nitrogens with one attached hydrogen (secondary N) is 4. The minimum absolute atomic E-state index is 0.0827. The Bertz CT molecular complexity index is 1520. The van der Waals surface area contributed by atoms with Crippen molar-refractivity contribution in [2.24, 2.45) is 4.99 Å². The van der Waals surface area contributed by atoms with E-state index in [0.29, 0.717) is 11.3 Å². The van der Waals surface area contributed by atoms with Crippen LogP contribution < -0.4 is 21.9 Å². The topological polar surface area (TPSA) is 157 Å². The first-order valence-electron chi connectivity index (χ1n) is 12.1. The number of nitrogens with zero attached hydrogens (tertiary/aromatic N) is 1. The van der Waals surface area contributed by atoms with E-state index < -0.39 is 34.3 Å². The summed E-state index contributed by atoms with van der Waals surface area (Å²) in [5.41, 5.74) is 2.61. The van der Waals surface area contributed by atoms with E-state index in [1.54, 1.807) is 18.2 Å². The summed E-state index contributed by atoms with van der Waals surface area (Å²) in [7, 11) is 0. The Morgan fingerprint density at radius 3 is 2.34 bits per heavy atom. The third-order valence-electron chi connectivity index (χ3n) is 6.34. The number of aromatic nitrogens is 2. The molecule has 4 rings (SSSR count). The summed E-state index contributed by atoms with van der Waals surface area (Å²) < 4.78 is 0. The molecule has 198 valence electrons. The van der Waals surface area contributed by atoms with Gasteiger partial charge in [-0.25, -0.2) is 9.79 Å². The lowest BCUT2D eigenvalue weighted by Gasteiger charge is -2.15. The lowest BCUT2D eigenvalue weighted by Crippen LogP contribution is -2.29. The molecule has 1 aliphatic rings. The summed E-state index contributed by atoms with van der Waals surface area (Å²) >= 11 is 1.07. The number of aryl methyl sites for hydroxylation is 2. The Morgan fingerprint density at radius 1 is 1.03 bits per heavy atom. The fourth-order valence-electron chi connectivity index (χ4n) is 4.02. The molecule has 5 N–H and O–H groups in total. The van der Waals surface area contributed by atoms with Gasteiger partial charge in [0.15, 0.2) is 5.17 Å². The zero-order valence-corrected chi connectivity index (χ0v) is 22.2. The van der Waals surface area contributed by atoms with Gasteiger partial charge in [-0.2, -0.15) is 0 Å². The molecule has 10 nitrogen and oxygen atoms in total. The molecular weight excluding hydrogens is 506 g/mol. The molecule has 2 amide bonds. The van der Waals surface area contributed by atoms with Crippen LogP contribution in [0.1, 0.15) is 60.0 Å². The van der Waals surface area contributed by atoms with Gasteiger partial charge < -0.3 is 15.7 Å². The molecular formula is C27H29N5O5S. The lowest BCUT2D eigenvalue weighted by atomic mass is 9.96.